The number of hydrogen-bond donors (Lipinski definition) is 1. The van der Waals surface area contributed by atoms with Gasteiger partial charge in [-0.3, -0.25) is 9.59 Å². The van der Waals surface area contributed by atoms with Gasteiger partial charge in [-0.25, -0.2) is 4.98 Å². The predicted molar refractivity (Wildman–Crippen MR) is 70.9 cm³/mol. The molecule has 0 radical (unpaired) electrons. The number of rotatable bonds is 2. The molecule has 1 N–H and O–H groups in total. The zero-order valence-electron chi connectivity index (χ0n) is 12.2. The number of aromatic nitrogens is 2. The number of nitrogens with one attached hydrogen (secondary N) is 1. The Kier molecular flexibility index (Phi) is 4.43. The summed E-state index contributed by atoms with van der Waals surface area (Å²) in [6, 6.07) is -2.30. The Hall–Kier alpha value is -2.06. The van der Waals surface area contributed by atoms with Crippen molar-refractivity contribution in [2.75, 3.05) is 6.54 Å². The Labute approximate surface area is 125 Å². The van der Waals surface area contributed by atoms with Crippen molar-refractivity contribution in [1.29, 1.82) is 0 Å². The molecule has 1 saturated heterocycles. The first-order valence-corrected chi connectivity index (χ1v) is 6.81. The number of alkyl halides is 3. The van der Waals surface area contributed by atoms with Gasteiger partial charge in [-0.2, -0.15) is 13.2 Å². The Morgan fingerprint density at radius 2 is 2.05 bits per heavy atom. The number of amides is 2. The van der Waals surface area contributed by atoms with Crippen LogP contribution in [0.2, 0.25) is 0 Å². The Balaban J connectivity index is 2.03. The molecule has 2 amide bonds. The van der Waals surface area contributed by atoms with E-state index >= 15 is 0 Å². The molecule has 2 atom stereocenters. The molecule has 2 heterocycles. The fourth-order valence-corrected chi connectivity index (χ4v) is 2.57. The van der Waals surface area contributed by atoms with Crippen LogP contribution >= 0.6 is 0 Å². The number of hydrogen-bond acceptors (Lipinski definition) is 3. The van der Waals surface area contributed by atoms with Crippen LogP contribution in [0.1, 0.15) is 30.3 Å². The quantitative estimate of drug-likeness (QED) is 0.888. The van der Waals surface area contributed by atoms with Gasteiger partial charge in [0.15, 0.2) is 0 Å². The molecule has 0 aromatic carbocycles. The third-order valence-corrected chi connectivity index (χ3v) is 3.64. The lowest BCUT2D eigenvalue weighted by Gasteiger charge is -2.40. The van der Waals surface area contributed by atoms with E-state index in [2.05, 4.69) is 10.3 Å². The lowest BCUT2D eigenvalue weighted by molar-refractivity contribution is -0.196. The highest BCUT2D eigenvalue weighted by Gasteiger charge is 2.47. The molecule has 2 rings (SSSR count). The molecule has 122 valence electrons. The van der Waals surface area contributed by atoms with Crippen molar-refractivity contribution in [1.82, 2.24) is 19.8 Å². The lowest BCUT2D eigenvalue weighted by Crippen LogP contribution is -2.57. The predicted octanol–water partition coefficient (Wildman–Crippen LogP) is 1.09. The number of imidazole rings is 1. The van der Waals surface area contributed by atoms with Crippen LogP contribution < -0.4 is 5.32 Å². The molecule has 0 aliphatic carbocycles. The standard InChI is InChI=1S/C13H17F3N4O2/c1-8(21)20-5-9(3-4-11(20)13(14,15)16)18-12(22)10-6-19(2)7-17-10/h6-7,9,11H,3-5H2,1-2H3,(H,18,22). The fourth-order valence-electron chi connectivity index (χ4n) is 2.57. The van der Waals surface area contributed by atoms with E-state index in [1.165, 1.54) is 12.5 Å². The third-order valence-electron chi connectivity index (χ3n) is 3.64. The minimum absolute atomic E-state index is 0.155. The van der Waals surface area contributed by atoms with Crippen molar-refractivity contribution >= 4 is 11.8 Å². The summed E-state index contributed by atoms with van der Waals surface area (Å²) in [7, 11) is 1.70. The smallest absolute Gasteiger partial charge is 0.346 e. The molecule has 1 aromatic heterocycles. The number of halogens is 3. The van der Waals surface area contributed by atoms with E-state index in [4.69, 9.17) is 0 Å². The van der Waals surface area contributed by atoms with Crippen molar-refractivity contribution < 1.29 is 22.8 Å². The Morgan fingerprint density at radius 1 is 1.36 bits per heavy atom. The summed E-state index contributed by atoms with van der Waals surface area (Å²) in [5.74, 6) is -1.11. The van der Waals surface area contributed by atoms with Gasteiger partial charge in [0, 0.05) is 32.8 Å². The molecule has 1 aliphatic rings. The van der Waals surface area contributed by atoms with E-state index in [0.717, 1.165) is 11.8 Å². The van der Waals surface area contributed by atoms with E-state index in [1.54, 1.807) is 11.6 Å². The van der Waals surface area contributed by atoms with E-state index < -0.39 is 30.1 Å². The number of carbonyl (C=O) groups excluding carboxylic acids is 2. The summed E-state index contributed by atoms with van der Waals surface area (Å²) < 4.78 is 40.3. The summed E-state index contributed by atoms with van der Waals surface area (Å²) in [5.41, 5.74) is 0.190. The van der Waals surface area contributed by atoms with Crippen molar-refractivity contribution in [2.24, 2.45) is 7.05 Å². The molecule has 9 heteroatoms. The molecule has 6 nitrogen and oxygen atoms in total. The van der Waals surface area contributed by atoms with Crippen LogP contribution in [0.15, 0.2) is 12.5 Å². The highest BCUT2D eigenvalue weighted by atomic mass is 19.4. The molecule has 1 fully saturated rings. The maximum absolute atomic E-state index is 12.9. The second kappa shape index (κ2) is 5.98. The fraction of sp³-hybridized carbons (Fsp3) is 0.615. The van der Waals surface area contributed by atoms with Gasteiger partial charge in [0.25, 0.3) is 5.91 Å². The van der Waals surface area contributed by atoms with Gasteiger partial charge in [0.2, 0.25) is 5.91 Å². The minimum Gasteiger partial charge on any atom is -0.346 e. The van der Waals surface area contributed by atoms with Gasteiger partial charge in [-0.15, -0.1) is 0 Å². The van der Waals surface area contributed by atoms with Gasteiger partial charge in [-0.05, 0) is 12.8 Å². The zero-order chi connectivity index (χ0) is 16.5. The number of likely N-dealkylation sites (tertiary alicyclic amines) is 1. The molecule has 0 spiro atoms. The highest BCUT2D eigenvalue weighted by Crippen LogP contribution is 2.32. The largest absolute Gasteiger partial charge is 0.408 e. The second-order valence-corrected chi connectivity index (χ2v) is 5.40. The molecule has 22 heavy (non-hydrogen) atoms. The molecule has 1 aliphatic heterocycles. The average molecular weight is 318 g/mol. The van der Waals surface area contributed by atoms with Crippen molar-refractivity contribution in [3.63, 3.8) is 0 Å². The topological polar surface area (TPSA) is 67.2 Å². The number of aryl methyl sites for hydroxylation is 1. The Bertz CT molecular complexity index is 570. The number of piperidine rings is 1. The normalized spacial score (nSPS) is 22.5. The van der Waals surface area contributed by atoms with Gasteiger partial charge in [0.1, 0.15) is 11.7 Å². The van der Waals surface area contributed by atoms with Crippen LogP contribution in [0.3, 0.4) is 0 Å². The van der Waals surface area contributed by atoms with Crippen molar-refractivity contribution in [3.8, 4) is 0 Å². The molecule has 2 unspecified atom stereocenters. The van der Waals surface area contributed by atoms with Gasteiger partial charge in [0.05, 0.1) is 6.33 Å². The molecule has 0 saturated carbocycles. The van der Waals surface area contributed by atoms with Gasteiger partial charge >= 0.3 is 6.18 Å². The van der Waals surface area contributed by atoms with E-state index in [-0.39, 0.29) is 25.1 Å². The zero-order valence-corrected chi connectivity index (χ0v) is 12.2. The average Bonchev–Trinajstić information content (AvgIpc) is 2.84. The highest BCUT2D eigenvalue weighted by molar-refractivity contribution is 5.92. The summed E-state index contributed by atoms with van der Waals surface area (Å²) in [6.45, 7) is 0.944. The third kappa shape index (κ3) is 3.58. The SMILES string of the molecule is CC(=O)N1CC(NC(=O)c2cn(C)cn2)CCC1C(F)(F)F. The molecule has 1 aromatic rings. The van der Waals surface area contributed by atoms with Crippen LogP contribution in [0.5, 0.6) is 0 Å². The maximum Gasteiger partial charge on any atom is 0.408 e. The first kappa shape index (κ1) is 16.3. The Morgan fingerprint density at radius 3 is 2.55 bits per heavy atom. The second-order valence-electron chi connectivity index (χ2n) is 5.40. The van der Waals surface area contributed by atoms with Crippen LogP contribution in [-0.4, -0.2) is 51.1 Å². The number of nitrogens with zero attached hydrogens (tertiary/aromatic N) is 3. The molecular weight excluding hydrogens is 301 g/mol. The van der Waals surface area contributed by atoms with Crippen LogP contribution in [0.4, 0.5) is 13.2 Å². The summed E-state index contributed by atoms with van der Waals surface area (Å²) in [4.78, 5) is 28.1. The van der Waals surface area contributed by atoms with E-state index in [0.29, 0.717) is 0 Å². The first-order valence-electron chi connectivity index (χ1n) is 6.81. The van der Waals surface area contributed by atoms with Gasteiger partial charge in [-0.1, -0.05) is 0 Å². The summed E-state index contributed by atoms with van der Waals surface area (Å²) in [6.07, 6.45) is -1.55. The first-order chi connectivity index (χ1) is 10.2. The van der Waals surface area contributed by atoms with E-state index in [1.807, 2.05) is 0 Å². The summed E-state index contributed by atoms with van der Waals surface area (Å²) >= 11 is 0. The van der Waals surface area contributed by atoms with Gasteiger partial charge < -0.3 is 14.8 Å². The summed E-state index contributed by atoms with van der Waals surface area (Å²) in [5, 5.41) is 2.63. The molecule has 0 bridgehead atoms. The van der Waals surface area contributed by atoms with Crippen LogP contribution in [0, 0.1) is 0 Å². The van der Waals surface area contributed by atoms with Crippen LogP contribution in [-0.2, 0) is 11.8 Å². The maximum atomic E-state index is 12.9. The van der Waals surface area contributed by atoms with Crippen LogP contribution in [0.25, 0.3) is 0 Å². The van der Waals surface area contributed by atoms with Crippen molar-refractivity contribution in [3.05, 3.63) is 18.2 Å². The lowest BCUT2D eigenvalue weighted by atomic mass is 9.97. The molecular formula is C13H17F3N4O2. The number of carbonyl (C=O) groups is 2. The van der Waals surface area contributed by atoms with Crippen molar-refractivity contribution in [2.45, 2.75) is 38.0 Å². The minimum atomic E-state index is -4.46. The monoisotopic (exact) mass is 318 g/mol. The van der Waals surface area contributed by atoms with E-state index in [9.17, 15) is 22.8 Å².